The third-order valence-electron chi connectivity index (χ3n) is 3.26. The number of benzene rings is 1. The summed E-state index contributed by atoms with van der Waals surface area (Å²) in [6.07, 6.45) is 0.0870. The Balaban J connectivity index is 2.09. The van der Waals surface area contributed by atoms with Crippen LogP contribution in [0.3, 0.4) is 0 Å². The van der Waals surface area contributed by atoms with Gasteiger partial charge in [-0.3, -0.25) is 0 Å². The Hall–Kier alpha value is -1.81. The molecule has 7 nitrogen and oxygen atoms in total. The van der Waals surface area contributed by atoms with E-state index in [1.54, 1.807) is 30.3 Å². The number of aliphatic hydroxyl groups is 1. The van der Waals surface area contributed by atoms with E-state index in [1.165, 1.54) is 0 Å². The Bertz CT molecular complexity index is 746. The van der Waals surface area contributed by atoms with Gasteiger partial charge < -0.3 is 15.4 Å². The Kier molecular flexibility index (Phi) is 5.47. The van der Waals surface area contributed by atoms with Crippen molar-refractivity contribution >= 4 is 10.0 Å². The van der Waals surface area contributed by atoms with Gasteiger partial charge in [-0.05, 0) is 5.56 Å². The third-order valence-corrected chi connectivity index (χ3v) is 3.92. The first-order valence-corrected chi connectivity index (χ1v) is 8.77. The lowest BCUT2D eigenvalue weighted by Gasteiger charge is -2.13. The predicted octanol–water partition coefficient (Wildman–Crippen LogP) is 0.00420. The van der Waals surface area contributed by atoms with Gasteiger partial charge in [0.05, 0.1) is 18.5 Å². The van der Waals surface area contributed by atoms with Crippen molar-refractivity contribution in [3.05, 3.63) is 41.6 Å². The van der Waals surface area contributed by atoms with Crippen LogP contribution in [0.4, 0.5) is 4.39 Å². The monoisotopic (exact) mass is 344 g/mol. The van der Waals surface area contributed by atoms with E-state index < -0.39 is 28.8 Å². The number of halogens is 1. The van der Waals surface area contributed by atoms with Crippen LogP contribution in [-0.4, -0.2) is 37.7 Å². The Labute approximate surface area is 133 Å². The number of aliphatic hydroxyl groups excluding tert-OH is 1. The highest BCUT2D eigenvalue weighted by Gasteiger charge is 2.20. The maximum atomic E-state index is 12.5. The lowest BCUT2D eigenvalue weighted by atomic mass is 10.0. The first-order chi connectivity index (χ1) is 10.8. The molecule has 2 atom stereocenters. The van der Waals surface area contributed by atoms with Gasteiger partial charge in [0.25, 0.3) is 0 Å². The first-order valence-electron chi connectivity index (χ1n) is 6.88. The second-order valence-electron chi connectivity index (χ2n) is 5.26. The molecule has 1 heterocycles. The van der Waals surface area contributed by atoms with E-state index in [9.17, 15) is 17.9 Å². The largest absolute Gasteiger partial charge is 0.382 e. The molecule has 0 aliphatic rings. The second-order valence-corrected chi connectivity index (χ2v) is 7.09. The quantitative estimate of drug-likeness (QED) is 0.653. The number of rotatable bonds is 7. The van der Waals surface area contributed by atoms with Crippen LogP contribution >= 0.6 is 0 Å². The molecular weight excluding hydrogens is 325 g/mol. The summed E-state index contributed by atoms with van der Waals surface area (Å²) in [5, 5.41) is 13.7. The van der Waals surface area contributed by atoms with Crippen molar-refractivity contribution in [3.8, 4) is 11.3 Å². The average molecular weight is 344 g/mol. The number of nitrogens with zero attached hydrogens (tertiary/aromatic N) is 1. The van der Waals surface area contributed by atoms with Gasteiger partial charge in [-0.15, -0.1) is 0 Å². The molecular formula is C14H19FN3O4S+. The summed E-state index contributed by atoms with van der Waals surface area (Å²) in [5.41, 5.74) is 5.26. The number of aromatic nitrogens is 1. The minimum absolute atomic E-state index is 0.0405. The van der Waals surface area contributed by atoms with E-state index in [2.05, 4.69) is 15.6 Å². The highest BCUT2D eigenvalue weighted by molar-refractivity contribution is 7.88. The number of hydrogen-bond acceptors (Lipinski definition) is 5. The minimum Gasteiger partial charge on any atom is -0.382 e. The van der Waals surface area contributed by atoms with Crippen molar-refractivity contribution in [2.24, 2.45) is 0 Å². The molecule has 1 aromatic heterocycles. The molecule has 1 aromatic carbocycles. The molecule has 126 valence electrons. The molecule has 23 heavy (non-hydrogen) atoms. The third kappa shape index (κ3) is 4.83. The summed E-state index contributed by atoms with van der Waals surface area (Å²) >= 11 is 0. The summed E-state index contributed by atoms with van der Waals surface area (Å²) in [7, 11) is -3.30. The summed E-state index contributed by atoms with van der Waals surface area (Å²) in [4.78, 5) is 0. The van der Waals surface area contributed by atoms with E-state index in [4.69, 9.17) is 4.52 Å². The summed E-state index contributed by atoms with van der Waals surface area (Å²) < 4.78 is 42.1. The van der Waals surface area contributed by atoms with Crippen molar-refractivity contribution in [3.63, 3.8) is 0 Å². The zero-order valence-corrected chi connectivity index (χ0v) is 13.4. The Morgan fingerprint density at radius 1 is 1.39 bits per heavy atom. The molecule has 9 heteroatoms. The normalized spacial score (nSPS) is 14.6. The van der Waals surface area contributed by atoms with Crippen LogP contribution in [0, 0.1) is 0 Å². The van der Waals surface area contributed by atoms with Gasteiger partial charge in [0, 0.05) is 11.6 Å². The highest BCUT2D eigenvalue weighted by atomic mass is 32.2. The SMILES string of the molecule is CS(=O)(=O)NCc1cc(-c2ccc([C@@H](O)[C@@H]([NH3+])CF)cc2)on1. The fraction of sp³-hybridized carbons (Fsp3) is 0.357. The number of quaternary nitrogens is 1. The Morgan fingerprint density at radius 3 is 2.61 bits per heavy atom. The van der Waals surface area contributed by atoms with E-state index in [0.29, 0.717) is 22.6 Å². The number of nitrogens with one attached hydrogen (secondary N) is 1. The van der Waals surface area contributed by atoms with Crippen molar-refractivity contribution in [1.29, 1.82) is 0 Å². The van der Waals surface area contributed by atoms with Crippen LogP contribution in [-0.2, 0) is 16.6 Å². The van der Waals surface area contributed by atoms with Gasteiger partial charge in [-0.1, -0.05) is 29.4 Å². The molecule has 0 bridgehead atoms. The van der Waals surface area contributed by atoms with Gasteiger partial charge in [-0.25, -0.2) is 17.5 Å². The predicted molar refractivity (Wildman–Crippen MR) is 81.2 cm³/mol. The van der Waals surface area contributed by atoms with Crippen LogP contribution in [0.15, 0.2) is 34.9 Å². The number of hydrogen-bond donors (Lipinski definition) is 3. The maximum Gasteiger partial charge on any atom is 0.209 e. The molecule has 2 rings (SSSR count). The van der Waals surface area contributed by atoms with E-state index in [-0.39, 0.29) is 6.54 Å². The molecule has 0 spiro atoms. The van der Waals surface area contributed by atoms with Gasteiger partial charge in [-0.2, -0.15) is 0 Å². The van der Waals surface area contributed by atoms with Crippen LogP contribution in [0.2, 0.25) is 0 Å². The second kappa shape index (κ2) is 7.18. The molecule has 0 amide bonds. The summed E-state index contributed by atoms with van der Waals surface area (Å²) in [6, 6.07) is 7.63. The van der Waals surface area contributed by atoms with E-state index in [0.717, 1.165) is 6.26 Å². The average Bonchev–Trinajstić information content (AvgIpc) is 3.00. The zero-order valence-electron chi connectivity index (χ0n) is 12.6. The van der Waals surface area contributed by atoms with Crippen molar-refractivity contribution in [2.45, 2.75) is 18.7 Å². The fourth-order valence-electron chi connectivity index (χ4n) is 1.94. The van der Waals surface area contributed by atoms with E-state index >= 15 is 0 Å². The van der Waals surface area contributed by atoms with Crippen LogP contribution in [0.5, 0.6) is 0 Å². The van der Waals surface area contributed by atoms with Gasteiger partial charge in [0.1, 0.15) is 18.8 Å². The van der Waals surface area contributed by atoms with Crippen molar-refractivity contribution in [1.82, 2.24) is 9.88 Å². The summed E-state index contributed by atoms with van der Waals surface area (Å²) in [6.45, 7) is -0.666. The van der Waals surface area contributed by atoms with E-state index in [1.807, 2.05) is 0 Å². The van der Waals surface area contributed by atoms with Crippen LogP contribution in [0.1, 0.15) is 17.4 Å². The molecule has 2 aromatic rings. The lowest BCUT2D eigenvalue weighted by molar-refractivity contribution is -0.441. The molecule has 5 N–H and O–H groups in total. The van der Waals surface area contributed by atoms with Crippen molar-refractivity contribution < 1.29 is 28.2 Å². The lowest BCUT2D eigenvalue weighted by Crippen LogP contribution is -2.64. The molecule has 0 aliphatic heterocycles. The van der Waals surface area contributed by atoms with Crippen LogP contribution in [0.25, 0.3) is 11.3 Å². The molecule has 0 fully saturated rings. The number of alkyl halides is 1. The first kappa shape index (κ1) is 17.5. The molecule has 0 saturated heterocycles. The smallest absolute Gasteiger partial charge is 0.209 e. The van der Waals surface area contributed by atoms with Gasteiger partial charge >= 0.3 is 0 Å². The standard InChI is InChI=1S/C14H18FN3O4S/c1-23(20,21)17-8-11-6-13(22-18-11)9-2-4-10(5-3-9)14(19)12(16)7-15/h2-6,12,14,17,19H,7-8,16H2,1H3/p+1/t12-,14+/m0/s1. The minimum atomic E-state index is -3.30. The molecule has 0 aliphatic carbocycles. The molecule has 0 unspecified atom stereocenters. The van der Waals surface area contributed by atoms with Gasteiger partial charge in [0.15, 0.2) is 5.76 Å². The molecule has 0 radical (unpaired) electrons. The number of sulfonamides is 1. The van der Waals surface area contributed by atoms with Crippen molar-refractivity contribution in [2.75, 3.05) is 12.9 Å². The summed E-state index contributed by atoms with van der Waals surface area (Å²) in [5.74, 6) is 0.466. The highest BCUT2D eigenvalue weighted by Crippen LogP contribution is 2.23. The molecule has 0 saturated carbocycles. The fourth-order valence-corrected chi connectivity index (χ4v) is 2.35. The Morgan fingerprint density at radius 2 is 2.04 bits per heavy atom. The van der Waals surface area contributed by atoms with Crippen LogP contribution < -0.4 is 10.5 Å². The topological polar surface area (TPSA) is 120 Å². The zero-order chi connectivity index (χ0) is 17.0. The van der Waals surface area contributed by atoms with Gasteiger partial charge in [0.2, 0.25) is 10.0 Å². The maximum absolute atomic E-state index is 12.5.